The van der Waals surface area contributed by atoms with Crippen LogP contribution in [0.5, 0.6) is 0 Å². The van der Waals surface area contributed by atoms with E-state index in [0.717, 1.165) is 17.1 Å². The van der Waals surface area contributed by atoms with Crippen LogP contribution in [0.25, 0.3) is 66.8 Å². The predicted octanol–water partition coefficient (Wildman–Crippen LogP) is 17.2. The molecule has 0 N–H and O–H groups in total. The second-order valence-corrected chi connectivity index (χ2v) is 19.1. The molecule has 0 aromatic heterocycles. The molecular formula is C68H43N. The minimum absolute atomic E-state index is 0.460. The molecule has 1 heteroatoms. The lowest BCUT2D eigenvalue weighted by atomic mass is 9.70. The van der Waals surface area contributed by atoms with E-state index >= 15 is 0 Å². The molecule has 0 heterocycles. The number of rotatable bonds is 6. The highest BCUT2D eigenvalue weighted by atomic mass is 15.1. The standard InChI is InChI=1S/C68H43N/c1-3-18-44(19-4-1)46-34-36-49(37-35-46)69(51-38-39-57-54-26-9-16-33-64(54)68(65(57)43-51)62-31-14-7-24-52(62)53-25-8-15-32-63(53)68)50-23-17-22-48(42-50)67-60-29-12-10-27-55(60)58-40-47(45-20-5-2-6-21-45)41-59(66(58)67)56-28-11-13-30-61(56)67/h1-43H. The van der Waals surface area contributed by atoms with Crippen molar-refractivity contribution in [3.8, 4) is 66.8 Å². The highest BCUT2D eigenvalue weighted by molar-refractivity contribution is 6.02. The van der Waals surface area contributed by atoms with Gasteiger partial charge in [0.2, 0.25) is 0 Å². The fourth-order valence-electron chi connectivity index (χ4n) is 13.2. The Balaban J connectivity index is 0.975. The van der Waals surface area contributed by atoms with Crippen molar-refractivity contribution in [3.05, 3.63) is 305 Å². The van der Waals surface area contributed by atoms with Crippen LogP contribution in [-0.2, 0) is 10.8 Å². The van der Waals surface area contributed by atoms with Crippen molar-refractivity contribution in [2.45, 2.75) is 10.8 Å². The lowest BCUT2D eigenvalue weighted by Crippen LogP contribution is -2.27. The second kappa shape index (κ2) is 14.4. The zero-order valence-corrected chi connectivity index (χ0v) is 37.8. The molecule has 0 fully saturated rings. The van der Waals surface area contributed by atoms with Crippen LogP contribution in [0.4, 0.5) is 17.1 Å². The molecule has 0 saturated carbocycles. The lowest BCUT2D eigenvalue weighted by molar-refractivity contribution is 0.791. The van der Waals surface area contributed by atoms with Gasteiger partial charge in [0.05, 0.1) is 10.8 Å². The number of benzene rings is 11. The van der Waals surface area contributed by atoms with Gasteiger partial charge in [-0.1, -0.05) is 212 Å². The van der Waals surface area contributed by atoms with Gasteiger partial charge in [-0.25, -0.2) is 0 Å². The van der Waals surface area contributed by atoms with Crippen LogP contribution in [0.3, 0.4) is 0 Å². The van der Waals surface area contributed by atoms with Gasteiger partial charge in [0, 0.05) is 17.1 Å². The first kappa shape index (κ1) is 38.3. The van der Waals surface area contributed by atoms with Crippen LogP contribution < -0.4 is 4.90 Å². The van der Waals surface area contributed by atoms with Gasteiger partial charge in [-0.3, -0.25) is 0 Å². The van der Waals surface area contributed by atoms with E-state index in [1.165, 1.54) is 111 Å². The maximum atomic E-state index is 2.51. The van der Waals surface area contributed by atoms with E-state index in [1.807, 2.05) is 0 Å². The normalized spacial score (nSPS) is 14.0. The molecule has 1 nitrogen and oxygen atoms in total. The van der Waals surface area contributed by atoms with Gasteiger partial charge in [-0.2, -0.15) is 0 Å². The Morgan fingerprint density at radius 3 is 1.13 bits per heavy atom. The van der Waals surface area contributed by atoms with E-state index < -0.39 is 10.8 Å². The van der Waals surface area contributed by atoms with Crippen LogP contribution in [-0.4, -0.2) is 0 Å². The Kier molecular flexibility index (Phi) is 7.98. The topological polar surface area (TPSA) is 3.24 Å². The molecule has 69 heavy (non-hydrogen) atoms. The first-order chi connectivity index (χ1) is 34.2. The number of hydrogen-bond donors (Lipinski definition) is 0. The summed E-state index contributed by atoms with van der Waals surface area (Å²) >= 11 is 0. The summed E-state index contributed by atoms with van der Waals surface area (Å²) in [5, 5.41) is 0. The molecule has 1 spiro atoms. The largest absolute Gasteiger partial charge is 0.310 e. The summed E-state index contributed by atoms with van der Waals surface area (Å²) in [4.78, 5) is 2.50. The molecular weight excluding hydrogens is 831 g/mol. The number of fused-ring (bicyclic) bond motifs is 16. The first-order valence-corrected chi connectivity index (χ1v) is 24.2. The molecule has 0 aliphatic heterocycles. The van der Waals surface area contributed by atoms with Crippen LogP contribution >= 0.6 is 0 Å². The molecule has 4 aliphatic carbocycles. The predicted molar refractivity (Wildman–Crippen MR) is 285 cm³/mol. The van der Waals surface area contributed by atoms with Crippen molar-refractivity contribution in [2.24, 2.45) is 0 Å². The Labute approximate surface area is 402 Å². The van der Waals surface area contributed by atoms with Crippen molar-refractivity contribution in [2.75, 3.05) is 4.90 Å². The minimum Gasteiger partial charge on any atom is -0.310 e. The van der Waals surface area contributed by atoms with Crippen LogP contribution in [0.2, 0.25) is 0 Å². The fourth-order valence-corrected chi connectivity index (χ4v) is 13.2. The van der Waals surface area contributed by atoms with Gasteiger partial charge in [0.1, 0.15) is 0 Å². The van der Waals surface area contributed by atoms with E-state index in [-0.39, 0.29) is 0 Å². The Bertz CT molecular complexity index is 3770. The fraction of sp³-hybridized carbons (Fsp3) is 0.0294. The van der Waals surface area contributed by atoms with E-state index in [2.05, 4.69) is 266 Å². The monoisotopic (exact) mass is 873 g/mol. The van der Waals surface area contributed by atoms with Crippen molar-refractivity contribution in [3.63, 3.8) is 0 Å². The van der Waals surface area contributed by atoms with Crippen molar-refractivity contribution < 1.29 is 0 Å². The molecule has 0 bridgehead atoms. The molecule has 0 atom stereocenters. The smallest absolute Gasteiger partial charge is 0.0726 e. The molecule has 15 rings (SSSR count). The molecule has 11 aromatic rings. The quantitative estimate of drug-likeness (QED) is 0.161. The van der Waals surface area contributed by atoms with Gasteiger partial charge in [-0.05, 0) is 160 Å². The first-order valence-electron chi connectivity index (χ1n) is 24.2. The summed E-state index contributed by atoms with van der Waals surface area (Å²) in [6, 6.07) is 97.9. The number of nitrogens with zero attached hydrogens (tertiary/aromatic N) is 1. The Morgan fingerprint density at radius 1 is 0.217 bits per heavy atom. The summed E-state index contributed by atoms with van der Waals surface area (Å²) in [5.74, 6) is 0. The van der Waals surface area contributed by atoms with Gasteiger partial charge in [0.25, 0.3) is 0 Å². The van der Waals surface area contributed by atoms with Crippen LogP contribution in [0, 0.1) is 0 Å². The molecule has 11 aromatic carbocycles. The SMILES string of the molecule is c1ccc(-c2ccc(N(c3cccc(C45c6ccccc6-c6cc(-c7ccccc7)cc(c64)-c4ccccc45)c3)c3ccc4c(c3)C3(c5ccccc5-c5ccccc53)c3ccccc3-4)cc2)cc1. The molecule has 4 aliphatic rings. The van der Waals surface area contributed by atoms with Gasteiger partial charge < -0.3 is 4.90 Å². The lowest BCUT2D eigenvalue weighted by Gasteiger charge is -2.34. The maximum absolute atomic E-state index is 2.51. The van der Waals surface area contributed by atoms with Crippen LogP contribution in [0.15, 0.2) is 261 Å². The zero-order valence-electron chi connectivity index (χ0n) is 37.8. The maximum Gasteiger partial charge on any atom is 0.0726 e. The Hall–Kier alpha value is -8.78. The molecule has 0 amide bonds. The summed E-state index contributed by atoms with van der Waals surface area (Å²) in [6.07, 6.45) is 0. The summed E-state index contributed by atoms with van der Waals surface area (Å²) in [5.41, 5.74) is 28.4. The number of hydrogen-bond acceptors (Lipinski definition) is 1. The van der Waals surface area contributed by atoms with E-state index in [4.69, 9.17) is 0 Å². The molecule has 0 unspecified atom stereocenters. The summed E-state index contributed by atoms with van der Waals surface area (Å²) in [7, 11) is 0. The third-order valence-corrected chi connectivity index (χ3v) is 15.9. The van der Waals surface area contributed by atoms with Crippen molar-refractivity contribution >= 4 is 17.1 Å². The van der Waals surface area contributed by atoms with Crippen molar-refractivity contribution in [1.82, 2.24) is 0 Å². The highest BCUT2D eigenvalue weighted by Gasteiger charge is 2.54. The van der Waals surface area contributed by atoms with Gasteiger partial charge >= 0.3 is 0 Å². The minimum atomic E-state index is -0.507. The number of anilines is 3. The summed E-state index contributed by atoms with van der Waals surface area (Å²) < 4.78 is 0. The van der Waals surface area contributed by atoms with Gasteiger partial charge in [-0.15, -0.1) is 0 Å². The van der Waals surface area contributed by atoms with E-state index in [9.17, 15) is 0 Å². The average Bonchev–Trinajstić information content (AvgIpc) is 4.11. The Morgan fingerprint density at radius 2 is 0.609 bits per heavy atom. The summed E-state index contributed by atoms with van der Waals surface area (Å²) in [6.45, 7) is 0. The second-order valence-electron chi connectivity index (χ2n) is 19.1. The third-order valence-electron chi connectivity index (χ3n) is 15.9. The average molecular weight is 874 g/mol. The highest BCUT2D eigenvalue weighted by Crippen LogP contribution is 2.66. The van der Waals surface area contributed by atoms with Crippen LogP contribution in [0.1, 0.15) is 44.5 Å². The molecule has 0 radical (unpaired) electrons. The van der Waals surface area contributed by atoms with E-state index in [1.54, 1.807) is 0 Å². The third kappa shape index (κ3) is 5.09. The molecule has 0 saturated heterocycles. The molecule has 320 valence electrons. The van der Waals surface area contributed by atoms with E-state index in [0.29, 0.717) is 0 Å². The van der Waals surface area contributed by atoms with Gasteiger partial charge in [0.15, 0.2) is 0 Å². The van der Waals surface area contributed by atoms with Crippen molar-refractivity contribution in [1.29, 1.82) is 0 Å². The zero-order chi connectivity index (χ0) is 45.3.